The highest BCUT2D eigenvalue weighted by Crippen LogP contribution is 2.30. The molecule has 4 rings (SSSR count). The average Bonchev–Trinajstić information content (AvgIpc) is 3.24. The summed E-state index contributed by atoms with van der Waals surface area (Å²) in [5.41, 5.74) is 5.49. The number of benzene rings is 2. The lowest BCUT2D eigenvalue weighted by Gasteiger charge is -2.30. The van der Waals surface area contributed by atoms with Crippen molar-refractivity contribution in [3.63, 3.8) is 0 Å². The van der Waals surface area contributed by atoms with Gasteiger partial charge < -0.3 is 9.84 Å². The Morgan fingerprint density at radius 3 is 2.41 bits per heavy atom. The first-order valence-electron chi connectivity index (χ1n) is 12.3. The van der Waals surface area contributed by atoms with Crippen LogP contribution in [0.5, 0.6) is 0 Å². The summed E-state index contributed by atoms with van der Waals surface area (Å²) in [6.07, 6.45) is 6.45. The van der Waals surface area contributed by atoms with Crippen LogP contribution in [0.15, 0.2) is 50.7 Å². The van der Waals surface area contributed by atoms with E-state index >= 15 is 0 Å². The van der Waals surface area contributed by atoms with Crippen LogP contribution in [0.2, 0.25) is 0 Å². The molecule has 37 heavy (non-hydrogen) atoms. The van der Waals surface area contributed by atoms with Crippen molar-refractivity contribution >= 4 is 45.5 Å². The van der Waals surface area contributed by atoms with Crippen LogP contribution in [-0.2, 0) is 14.8 Å². The number of nitrogens with one attached hydrogen (secondary N) is 1. The van der Waals surface area contributed by atoms with E-state index in [-0.39, 0.29) is 35.6 Å². The molecule has 0 aliphatic carbocycles. The molecule has 1 aliphatic heterocycles. The number of piperidine rings is 1. The number of thioether (sulfide) groups is 1. The normalized spacial score (nSPS) is 15.4. The molecule has 9 heteroatoms. The molecular formula is C28H33N3O4S2. The summed E-state index contributed by atoms with van der Waals surface area (Å²) in [6, 6.07) is 11.9. The molecule has 0 spiro atoms. The summed E-state index contributed by atoms with van der Waals surface area (Å²) in [5.74, 6) is -0.117. The van der Waals surface area contributed by atoms with Crippen molar-refractivity contribution in [1.82, 2.24) is 9.46 Å². The van der Waals surface area contributed by atoms with E-state index in [9.17, 15) is 13.2 Å². The Morgan fingerprint density at radius 2 is 1.76 bits per heavy atom. The number of carbonyl (C=O) groups excluding carboxylic acids is 1. The second kappa shape index (κ2) is 11.2. The number of aryl methyl sites for hydroxylation is 4. The molecule has 1 N–H and O–H groups in total. The number of carbonyl (C=O) groups is 1. The molecule has 196 valence electrons. The van der Waals surface area contributed by atoms with Crippen molar-refractivity contribution in [2.24, 2.45) is 5.92 Å². The fourth-order valence-electron chi connectivity index (χ4n) is 4.84. The zero-order chi connectivity index (χ0) is 26.7. The second-order valence-corrected chi connectivity index (χ2v) is 12.3. The quantitative estimate of drug-likeness (QED) is 0.379. The number of nitrogens with zero attached hydrogens (tertiary/aromatic N) is 2. The maximum atomic E-state index is 13.6. The van der Waals surface area contributed by atoms with Crippen LogP contribution >= 0.6 is 11.8 Å². The highest BCUT2D eigenvalue weighted by Gasteiger charge is 2.36. The number of amides is 1. The van der Waals surface area contributed by atoms with Crippen LogP contribution in [-0.4, -0.2) is 43.1 Å². The van der Waals surface area contributed by atoms with Gasteiger partial charge in [-0.3, -0.25) is 4.79 Å². The van der Waals surface area contributed by atoms with Gasteiger partial charge in [0.2, 0.25) is 15.9 Å². The third-order valence-electron chi connectivity index (χ3n) is 6.73. The molecule has 1 aromatic heterocycles. The number of rotatable bonds is 7. The van der Waals surface area contributed by atoms with Gasteiger partial charge in [-0.05, 0) is 87.8 Å². The molecule has 1 amide bonds. The SMILES string of the molecule is CSc1cccc(NC(=O)C2CCN(S(=O)(=O)c3c(C)noc3C=Cc3c(C)cc(C)cc3C)CC2)c1. The minimum Gasteiger partial charge on any atom is -0.355 e. The van der Waals surface area contributed by atoms with Gasteiger partial charge in [0.15, 0.2) is 10.7 Å². The molecule has 0 saturated carbocycles. The van der Waals surface area contributed by atoms with E-state index in [0.29, 0.717) is 18.5 Å². The first kappa shape index (κ1) is 27.2. The first-order valence-corrected chi connectivity index (χ1v) is 14.9. The van der Waals surface area contributed by atoms with E-state index in [2.05, 4.69) is 22.6 Å². The lowest BCUT2D eigenvalue weighted by atomic mass is 9.97. The topological polar surface area (TPSA) is 92.5 Å². The van der Waals surface area contributed by atoms with Crippen LogP contribution in [0.1, 0.15) is 46.5 Å². The predicted octanol–water partition coefficient (Wildman–Crippen LogP) is 5.84. The lowest BCUT2D eigenvalue weighted by Crippen LogP contribution is -2.41. The smallest absolute Gasteiger partial charge is 0.248 e. The number of aromatic nitrogens is 1. The lowest BCUT2D eigenvalue weighted by molar-refractivity contribution is -0.120. The minimum atomic E-state index is -3.84. The predicted molar refractivity (Wildman–Crippen MR) is 149 cm³/mol. The largest absolute Gasteiger partial charge is 0.355 e. The number of sulfonamides is 1. The van der Waals surface area contributed by atoms with Crippen molar-refractivity contribution in [3.05, 3.63) is 70.1 Å². The van der Waals surface area contributed by atoms with E-state index in [4.69, 9.17) is 4.52 Å². The number of hydrogen-bond acceptors (Lipinski definition) is 6. The first-order chi connectivity index (χ1) is 17.6. The standard InChI is InChI=1S/C28H33N3O4S2/c1-18-15-19(2)25(20(3)16-18)9-10-26-27(21(4)30-35-26)37(33,34)31-13-11-22(12-14-31)28(32)29-23-7-6-8-24(17-23)36-5/h6-10,15-17,22H,11-14H2,1-5H3,(H,29,32). The Balaban J connectivity index is 1.47. The van der Waals surface area contributed by atoms with Gasteiger partial charge in [-0.25, -0.2) is 8.42 Å². The molecule has 0 bridgehead atoms. The maximum Gasteiger partial charge on any atom is 0.248 e. The summed E-state index contributed by atoms with van der Waals surface area (Å²) >= 11 is 1.61. The molecule has 7 nitrogen and oxygen atoms in total. The summed E-state index contributed by atoms with van der Waals surface area (Å²) < 4.78 is 34.1. The molecular weight excluding hydrogens is 506 g/mol. The molecule has 2 aromatic carbocycles. The zero-order valence-electron chi connectivity index (χ0n) is 21.9. The fraction of sp³-hybridized carbons (Fsp3) is 0.357. The van der Waals surface area contributed by atoms with E-state index in [1.807, 2.05) is 57.4 Å². The monoisotopic (exact) mass is 539 g/mol. The summed E-state index contributed by atoms with van der Waals surface area (Å²) in [7, 11) is -3.84. The molecule has 0 radical (unpaired) electrons. The van der Waals surface area contributed by atoms with Crippen molar-refractivity contribution in [3.8, 4) is 0 Å². The Morgan fingerprint density at radius 1 is 1.08 bits per heavy atom. The molecule has 1 saturated heterocycles. The summed E-state index contributed by atoms with van der Waals surface area (Å²) in [5, 5.41) is 6.93. The van der Waals surface area contributed by atoms with E-state index < -0.39 is 10.0 Å². The van der Waals surface area contributed by atoms with Crippen LogP contribution < -0.4 is 5.32 Å². The molecule has 1 fully saturated rings. The average molecular weight is 540 g/mol. The van der Waals surface area contributed by atoms with Gasteiger partial charge in [-0.1, -0.05) is 35.0 Å². The highest BCUT2D eigenvalue weighted by molar-refractivity contribution is 7.98. The minimum absolute atomic E-state index is 0.0797. The van der Waals surface area contributed by atoms with Crippen molar-refractivity contribution in [2.45, 2.75) is 50.3 Å². The highest BCUT2D eigenvalue weighted by atomic mass is 32.2. The summed E-state index contributed by atoms with van der Waals surface area (Å²) in [4.78, 5) is 14.0. The van der Waals surface area contributed by atoms with Crippen LogP contribution in [0.3, 0.4) is 0 Å². The molecule has 2 heterocycles. The Hall–Kier alpha value is -2.88. The molecule has 0 atom stereocenters. The second-order valence-electron chi connectivity index (χ2n) is 9.51. The Kier molecular flexibility index (Phi) is 8.26. The molecule has 3 aromatic rings. The van der Waals surface area contributed by atoms with Gasteiger partial charge in [0.1, 0.15) is 5.69 Å². The van der Waals surface area contributed by atoms with E-state index in [1.165, 1.54) is 9.87 Å². The van der Waals surface area contributed by atoms with Crippen molar-refractivity contribution < 1.29 is 17.7 Å². The third-order valence-corrected chi connectivity index (χ3v) is 9.52. The third kappa shape index (κ3) is 6.00. The van der Waals surface area contributed by atoms with E-state index in [1.54, 1.807) is 24.8 Å². The van der Waals surface area contributed by atoms with Gasteiger partial charge in [0, 0.05) is 29.6 Å². The molecule has 1 aliphatic rings. The van der Waals surface area contributed by atoms with Crippen molar-refractivity contribution in [1.29, 1.82) is 0 Å². The summed E-state index contributed by atoms with van der Waals surface area (Å²) in [6.45, 7) is 8.27. The van der Waals surface area contributed by atoms with Crippen molar-refractivity contribution in [2.75, 3.05) is 24.7 Å². The Bertz CT molecular complexity index is 1410. The molecule has 0 unspecified atom stereocenters. The Labute approximate surface area is 223 Å². The van der Waals surface area contributed by atoms with Gasteiger partial charge in [0.25, 0.3) is 0 Å². The van der Waals surface area contributed by atoms with Gasteiger partial charge >= 0.3 is 0 Å². The number of hydrogen-bond donors (Lipinski definition) is 1. The van der Waals surface area contributed by atoms with Crippen LogP contribution in [0, 0.1) is 33.6 Å². The number of anilines is 1. The van der Waals surface area contributed by atoms with Crippen LogP contribution in [0.4, 0.5) is 5.69 Å². The van der Waals surface area contributed by atoms with Gasteiger partial charge in [-0.15, -0.1) is 11.8 Å². The van der Waals surface area contributed by atoms with Gasteiger partial charge in [0.05, 0.1) is 0 Å². The fourth-order valence-corrected chi connectivity index (χ4v) is 7.02. The van der Waals surface area contributed by atoms with E-state index in [0.717, 1.165) is 27.3 Å². The maximum absolute atomic E-state index is 13.6. The van der Waals surface area contributed by atoms with Crippen LogP contribution in [0.25, 0.3) is 12.2 Å². The van der Waals surface area contributed by atoms with Gasteiger partial charge in [-0.2, -0.15) is 4.31 Å². The zero-order valence-corrected chi connectivity index (χ0v) is 23.5.